The monoisotopic (exact) mass is 575 g/mol. The minimum Gasteiger partial charge on any atom is -0.497 e. The quantitative estimate of drug-likeness (QED) is 0.375. The Labute approximate surface area is 237 Å². The van der Waals surface area contributed by atoms with E-state index in [0.717, 1.165) is 12.0 Å². The van der Waals surface area contributed by atoms with E-state index >= 15 is 0 Å². The zero-order chi connectivity index (χ0) is 28.7. The van der Waals surface area contributed by atoms with Crippen molar-refractivity contribution in [2.45, 2.75) is 56.1 Å². The number of hydrogen-bond donors (Lipinski definition) is 2. The molecule has 2 aromatic rings. The minimum absolute atomic E-state index is 0.0228. The second-order valence-electron chi connectivity index (χ2n) is 10.7. The number of rotatable bonds is 13. The van der Waals surface area contributed by atoms with Gasteiger partial charge < -0.3 is 29.6 Å². The van der Waals surface area contributed by atoms with E-state index < -0.39 is 28.2 Å². The van der Waals surface area contributed by atoms with E-state index in [1.54, 1.807) is 31.3 Å². The van der Waals surface area contributed by atoms with Crippen LogP contribution in [0.2, 0.25) is 0 Å². The third-order valence-corrected chi connectivity index (χ3v) is 9.21. The van der Waals surface area contributed by atoms with Crippen molar-refractivity contribution in [2.75, 3.05) is 40.5 Å². The van der Waals surface area contributed by atoms with E-state index in [4.69, 9.17) is 18.9 Å². The summed E-state index contributed by atoms with van der Waals surface area (Å²) in [5.74, 6) is 0.686. The number of hydrogen-bond acceptors (Lipinski definition) is 8. The second-order valence-corrected chi connectivity index (χ2v) is 12.6. The van der Waals surface area contributed by atoms with Crippen molar-refractivity contribution in [1.82, 2.24) is 14.9 Å². The van der Waals surface area contributed by atoms with E-state index in [1.807, 2.05) is 44.2 Å². The Bertz CT molecular complexity index is 1190. The average molecular weight is 576 g/mol. The molecule has 0 spiro atoms. The molecule has 2 aromatic carbocycles. The highest BCUT2D eigenvalue weighted by atomic mass is 32.2. The Balaban J connectivity index is 1.54. The number of fused-ring (bicyclic) bond motifs is 1. The third-order valence-electron chi connectivity index (χ3n) is 7.37. The molecule has 0 bridgehead atoms. The normalized spacial score (nSPS) is 22.2. The third kappa shape index (κ3) is 7.52. The van der Waals surface area contributed by atoms with E-state index in [2.05, 4.69) is 10.6 Å². The molecule has 2 aliphatic heterocycles. The molecule has 0 radical (unpaired) electrons. The van der Waals surface area contributed by atoms with Crippen molar-refractivity contribution in [3.8, 4) is 5.75 Å². The van der Waals surface area contributed by atoms with Gasteiger partial charge in [-0.2, -0.15) is 4.31 Å². The molecule has 11 heteroatoms. The van der Waals surface area contributed by atoms with Crippen molar-refractivity contribution in [1.29, 1.82) is 0 Å². The van der Waals surface area contributed by atoms with Crippen molar-refractivity contribution < 1.29 is 32.2 Å². The van der Waals surface area contributed by atoms with Gasteiger partial charge in [-0.25, -0.2) is 13.2 Å². The Morgan fingerprint density at radius 3 is 2.42 bits per heavy atom. The lowest BCUT2D eigenvalue weighted by molar-refractivity contribution is -0.0907. The first-order valence-electron chi connectivity index (χ1n) is 13.8. The van der Waals surface area contributed by atoms with Crippen molar-refractivity contribution in [2.24, 2.45) is 11.8 Å². The highest BCUT2D eigenvalue weighted by Gasteiger charge is 2.44. The Hall–Kier alpha value is -2.70. The molecule has 0 aromatic heterocycles. The molecule has 0 saturated carbocycles. The maximum Gasteiger partial charge on any atom is 0.407 e. The zero-order valence-electron chi connectivity index (χ0n) is 23.6. The van der Waals surface area contributed by atoms with Gasteiger partial charge in [-0.05, 0) is 55.6 Å². The first-order chi connectivity index (χ1) is 19.2. The number of carbonyl (C=O) groups is 1. The lowest BCUT2D eigenvalue weighted by Crippen LogP contribution is -2.56. The van der Waals surface area contributed by atoms with Crippen LogP contribution in [0.5, 0.6) is 5.75 Å². The number of amides is 1. The highest BCUT2D eigenvalue weighted by molar-refractivity contribution is 7.89. The smallest absolute Gasteiger partial charge is 0.407 e. The van der Waals surface area contributed by atoms with Gasteiger partial charge in [0.05, 0.1) is 37.2 Å². The summed E-state index contributed by atoms with van der Waals surface area (Å²) < 4.78 is 51.2. The van der Waals surface area contributed by atoms with Crippen LogP contribution in [0.3, 0.4) is 0 Å². The number of methoxy groups -OCH3 is 1. The number of carbonyl (C=O) groups excluding carboxylic acids is 1. The van der Waals surface area contributed by atoms with Crippen molar-refractivity contribution in [3.63, 3.8) is 0 Å². The summed E-state index contributed by atoms with van der Waals surface area (Å²) in [4.78, 5) is 13.3. The maximum absolute atomic E-state index is 13.8. The summed E-state index contributed by atoms with van der Waals surface area (Å²) in [6.45, 7) is 5.30. The predicted molar refractivity (Wildman–Crippen MR) is 151 cm³/mol. The molecule has 10 nitrogen and oxygen atoms in total. The van der Waals surface area contributed by atoms with Crippen LogP contribution >= 0.6 is 0 Å². The molecule has 2 fully saturated rings. The zero-order valence-corrected chi connectivity index (χ0v) is 24.4. The highest BCUT2D eigenvalue weighted by Crippen LogP contribution is 2.33. The molecule has 5 atom stereocenters. The molecule has 2 N–H and O–H groups in total. The van der Waals surface area contributed by atoms with Crippen LogP contribution in [-0.4, -0.2) is 83.8 Å². The number of likely N-dealkylation sites (N-methyl/N-ethyl adjacent to an activating group) is 1. The average Bonchev–Trinajstić information content (AvgIpc) is 3.56. The fraction of sp³-hybridized carbons (Fsp3) is 0.552. The van der Waals surface area contributed by atoms with Gasteiger partial charge in [0.25, 0.3) is 0 Å². The number of nitrogens with zero attached hydrogens (tertiary/aromatic N) is 1. The first kappa shape index (κ1) is 30.3. The molecular formula is C29H41N3O7S. The Morgan fingerprint density at radius 1 is 1.05 bits per heavy atom. The van der Waals surface area contributed by atoms with E-state index in [9.17, 15) is 13.2 Å². The molecule has 40 heavy (non-hydrogen) atoms. The van der Waals surface area contributed by atoms with Crippen molar-refractivity contribution in [3.05, 3.63) is 60.2 Å². The molecule has 0 unspecified atom stereocenters. The van der Waals surface area contributed by atoms with Gasteiger partial charge in [0.1, 0.15) is 11.9 Å². The molecule has 220 valence electrons. The van der Waals surface area contributed by atoms with E-state index in [-0.39, 0.29) is 35.7 Å². The number of ether oxygens (including phenoxy) is 4. The fourth-order valence-electron chi connectivity index (χ4n) is 5.25. The van der Waals surface area contributed by atoms with Gasteiger partial charge in [-0.15, -0.1) is 0 Å². The summed E-state index contributed by atoms with van der Waals surface area (Å²) in [5.41, 5.74) is 1.01. The number of benzene rings is 2. The van der Waals surface area contributed by atoms with Crippen LogP contribution in [0.15, 0.2) is 59.5 Å². The fourth-order valence-corrected chi connectivity index (χ4v) is 6.88. The summed E-state index contributed by atoms with van der Waals surface area (Å²) in [6.07, 6.45) is -0.00405. The van der Waals surface area contributed by atoms with E-state index in [1.165, 1.54) is 11.4 Å². The van der Waals surface area contributed by atoms with Gasteiger partial charge in [0, 0.05) is 19.1 Å². The van der Waals surface area contributed by atoms with Crippen LogP contribution in [-0.2, 0) is 30.7 Å². The standard InChI is InChI=1S/C29H41N3O7S/c1-20(2)17-32(40(34,35)23-12-10-22(36-4)11-13-23)18-26(30-3)25(16-21-8-6-5-7-9-21)31-29(33)39-27-19-38-28-24(27)14-15-37-28/h5-13,20,24-28,30H,14-19H2,1-4H3,(H,31,33)/t24-,25-,26+,27-,28+/m0/s1. The number of nitrogens with one attached hydrogen (secondary N) is 2. The van der Waals surface area contributed by atoms with Crippen LogP contribution < -0.4 is 15.4 Å². The van der Waals surface area contributed by atoms with Gasteiger partial charge in [0.2, 0.25) is 10.0 Å². The van der Waals surface area contributed by atoms with Crippen LogP contribution in [0, 0.1) is 11.8 Å². The number of sulfonamides is 1. The lowest BCUT2D eigenvalue weighted by atomic mass is 9.99. The van der Waals surface area contributed by atoms with Crippen molar-refractivity contribution >= 4 is 16.1 Å². The summed E-state index contributed by atoms with van der Waals surface area (Å²) in [7, 11) is -0.516. The van der Waals surface area contributed by atoms with Gasteiger partial charge >= 0.3 is 6.09 Å². The van der Waals surface area contributed by atoms with Gasteiger partial charge in [-0.3, -0.25) is 0 Å². The SMILES string of the molecule is CN[C@H](CN(CC(C)C)S(=O)(=O)c1ccc(OC)cc1)[C@H](Cc1ccccc1)NC(=O)O[C@H]1CO[C@H]2OCC[C@H]21. The van der Waals surface area contributed by atoms with Gasteiger partial charge in [0.15, 0.2) is 6.29 Å². The van der Waals surface area contributed by atoms with Gasteiger partial charge in [-0.1, -0.05) is 44.2 Å². The topological polar surface area (TPSA) is 115 Å². The summed E-state index contributed by atoms with van der Waals surface area (Å²) in [6, 6.07) is 15.3. The Morgan fingerprint density at radius 2 is 1.77 bits per heavy atom. The van der Waals surface area contributed by atoms with Crippen LogP contribution in [0.1, 0.15) is 25.8 Å². The van der Waals surface area contributed by atoms with Crippen LogP contribution in [0.25, 0.3) is 0 Å². The number of alkyl carbamates (subject to hydrolysis) is 1. The lowest BCUT2D eigenvalue weighted by Gasteiger charge is -2.33. The molecule has 2 saturated heterocycles. The largest absolute Gasteiger partial charge is 0.497 e. The summed E-state index contributed by atoms with van der Waals surface area (Å²) in [5, 5.41) is 6.29. The minimum atomic E-state index is -3.83. The first-order valence-corrected chi connectivity index (χ1v) is 15.2. The molecule has 2 heterocycles. The Kier molecular flexibility index (Phi) is 10.4. The summed E-state index contributed by atoms with van der Waals surface area (Å²) >= 11 is 0. The molecule has 0 aliphatic carbocycles. The molecular weight excluding hydrogens is 534 g/mol. The molecule has 4 rings (SSSR count). The molecule has 2 aliphatic rings. The molecule has 1 amide bonds. The predicted octanol–water partition coefficient (Wildman–Crippen LogP) is 3.03. The van der Waals surface area contributed by atoms with E-state index in [0.29, 0.717) is 31.9 Å². The van der Waals surface area contributed by atoms with Crippen LogP contribution in [0.4, 0.5) is 4.79 Å². The maximum atomic E-state index is 13.8. The second kappa shape index (κ2) is 13.8.